The monoisotopic (exact) mass is 271 g/mol. The van der Waals surface area contributed by atoms with Gasteiger partial charge in [-0.05, 0) is 18.2 Å². The maximum absolute atomic E-state index is 13.0. The second-order valence-corrected chi connectivity index (χ2v) is 3.63. The Hall–Kier alpha value is -1.01. The van der Waals surface area contributed by atoms with E-state index in [1.165, 1.54) is 12.1 Å². The van der Waals surface area contributed by atoms with E-state index in [0.717, 1.165) is 6.07 Å². The van der Waals surface area contributed by atoms with Gasteiger partial charge in [0.05, 0.1) is 11.6 Å². The second-order valence-electron chi connectivity index (χ2n) is 3.22. The van der Waals surface area contributed by atoms with Gasteiger partial charge in [0.2, 0.25) is 0 Å². The van der Waals surface area contributed by atoms with Crippen molar-refractivity contribution < 1.29 is 22.3 Å². The van der Waals surface area contributed by atoms with Crippen LogP contribution in [0.3, 0.4) is 0 Å². The van der Waals surface area contributed by atoms with Gasteiger partial charge in [-0.15, -0.1) is 0 Å². The van der Waals surface area contributed by atoms with Gasteiger partial charge in [-0.1, -0.05) is 11.6 Å². The smallest absolute Gasteiger partial charge is 0.383 e. The van der Waals surface area contributed by atoms with E-state index in [1.807, 2.05) is 0 Å². The van der Waals surface area contributed by atoms with Gasteiger partial charge in [0, 0.05) is 12.2 Å². The van der Waals surface area contributed by atoms with Crippen molar-refractivity contribution >= 4 is 17.3 Å². The zero-order valence-electron chi connectivity index (χ0n) is 8.65. The third kappa shape index (κ3) is 5.74. The Labute approximate surface area is 101 Å². The fraction of sp³-hybridized carbons (Fsp3) is 0.400. The number of nitrogens with one attached hydrogen (secondary N) is 1. The Bertz CT molecular complexity index is 370. The largest absolute Gasteiger partial charge is 0.411 e. The molecule has 1 rings (SSSR count). The number of hydrogen-bond acceptors (Lipinski definition) is 2. The Morgan fingerprint density at radius 1 is 1.29 bits per heavy atom. The summed E-state index contributed by atoms with van der Waals surface area (Å²) in [6.45, 7) is -1.26. The van der Waals surface area contributed by atoms with Crippen LogP contribution in [0.15, 0.2) is 18.2 Å². The molecule has 0 aliphatic heterocycles. The average molecular weight is 272 g/mol. The highest BCUT2D eigenvalue weighted by atomic mass is 35.5. The van der Waals surface area contributed by atoms with Crippen molar-refractivity contribution in [3.8, 4) is 0 Å². The highest BCUT2D eigenvalue weighted by Crippen LogP contribution is 2.18. The molecule has 0 heterocycles. The minimum absolute atomic E-state index is 0.0103. The predicted octanol–water partition coefficient (Wildman–Crippen LogP) is 3.47. The molecule has 0 aromatic heterocycles. The molecule has 1 N–H and O–H groups in total. The summed E-state index contributed by atoms with van der Waals surface area (Å²) in [5.74, 6) is -0.590. The van der Waals surface area contributed by atoms with Crippen molar-refractivity contribution in [1.29, 1.82) is 0 Å². The molecule has 0 fully saturated rings. The Balaban J connectivity index is 2.25. The summed E-state index contributed by atoms with van der Waals surface area (Å²) in [5, 5.41) is 2.70. The van der Waals surface area contributed by atoms with Crippen LogP contribution in [-0.4, -0.2) is 25.9 Å². The first-order valence-electron chi connectivity index (χ1n) is 4.72. The minimum Gasteiger partial charge on any atom is -0.383 e. The van der Waals surface area contributed by atoms with Crippen molar-refractivity contribution in [2.24, 2.45) is 0 Å². The van der Waals surface area contributed by atoms with Crippen molar-refractivity contribution in [3.05, 3.63) is 29.0 Å². The van der Waals surface area contributed by atoms with E-state index in [9.17, 15) is 17.6 Å². The number of anilines is 1. The minimum atomic E-state index is -4.33. The first-order valence-corrected chi connectivity index (χ1v) is 5.10. The van der Waals surface area contributed by atoms with Gasteiger partial charge in [-0.25, -0.2) is 4.39 Å². The number of hydrogen-bond donors (Lipinski definition) is 1. The van der Waals surface area contributed by atoms with E-state index in [2.05, 4.69) is 10.1 Å². The van der Waals surface area contributed by atoms with E-state index >= 15 is 0 Å². The molecule has 0 saturated heterocycles. The van der Waals surface area contributed by atoms with Gasteiger partial charge in [-0.3, -0.25) is 0 Å². The molecule has 0 atom stereocenters. The molecule has 0 bridgehead atoms. The molecule has 0 radical (unpaired) electrons. The van der Waals surface area contributed by atoms with Crippen LogP contribution in [-0.2, 0) is 4.74 Å². The van der Waals surface area contributed by atoms with Gasteiger partial charge in [0.25, 0.3) is 0 Å². The number of alkyl halides is 3. The standard InChI is InChI=1S/C10H10ClF4NO/c11-8-2-1-7(5-9(8)12)16-3-4-17-6-10(13,14)15/h1-2,5,16H,3-4,6H2. The summed E-state index contributed by atoms with van der Waals surface area (Å²) < 4.78 is 52.4. The quantitative estimate of drug-likeness (QED) is 0.654. The predicted molar refractivity (Wildman–Crippen MR) is 56.8 cm³/mol. The molecule has 0 amide bonds. The molecule has 96 valence electrons. The van der Waals surface area contributed by atoms with Crippen LogP contribution in [0, 0.1) is 5.82 Å². The molecular formula is C10H10ClF4NO. The van der Waals surface area contributed by atoms with Crippen LogP contribution in [0.25, 0.3) is 0 Å². The van der Waals surface area contributed by atoms with E-state index < -0.39 is 18.6 Å². The number of benzene rings is 1. The summed E-state index contributed by atoms with van der Waals surface area (Å²) in [6.07, 6.45) is -4.33. The normalized spacial score (nSPS) is 11.6. The highest BCUT2D eigenvalue weighted by molar-refractivity contribution is 6.30. The molecule has 17 heavy (non-hydrogen) atoms. The zero-order chi connectivity index (χ0) is 12.9. The number of halogens is 5. The lowest BCUT2D eigenvalue weighted by Crippen LogP contribution is -2.20. The van der Waals surface area contributed by atoms with Gasteiger partial charge < -0.3 is 10.1 Å². The third-order valence-corrected chi connectivity index (χ3v) is 2.07. The molecule has 0 aliphatic rings. The SMILES string of the molecule is Fc1cc(NCCOCC(F)(F)F)ccc1Cl. The Morgan fingerprint density at radius 3 is 2.59 bits per heavy atom. The maximum atomic E-state index is 13.0. The lowest BCUT2D eigenvalue weighted by molar-refractivity contribution is -0.172. The molecule has 0 saturated carbocycles. The van der Waals surface area contributed by atoms with E-state index in [-0.39, 0.29) is 18.2 Å². The zero-order valence-corrected chi connectivity index (χ0v) is 9.41. The Morgan fingerprint density at radius 2 is 2.00 bits per heavy atom. The summed E-state index contributed by atoms with van der Waals surface area (Å²) in [6, 6.07) is 4.04. The van der Waals surface area contributed by atoms with E-state index in [1.54, 1.807) is 0 Å². The molecule has 1 aromatic carbocycles. The fourth-order valence-electron chi connectivity index (χ4n) is 1.06. The van der Waals surface area contributed by atoms with Crippen LogP contribution in [0.4, 0.5) is 23.2 Å². The second kappa shape index (κ2) is 6.07. The van der Waals surface area contributed by atoms with Crippen LogP contribution >= 0.6 is 11.6 Å². The van der Waals surface area contributed by atoms with Crippen LogP contribution in [0.5, 0.6) is 0 Å². The lowest BCUT2D eigenvalue weighted by atomic mass is 10.3. The third-order valence-electron chi connectivity index (χ3n) is 1.76. The first kappa shape index (κ1) is 14.1. The molecular weight excluding hydrogens is 262 g/mol. The van der Waals surface area contributed by atoms with Crippen molar-refractivity contribution in [2.45, 2.75) is 6.18 Å². The molecule has 0 aliphatic carbocycles. The molecule has 0 unspecified atom stereocenters. The summed E-state index contributed by atoms with van der Waals surface area (Å²) in [4.78, 5) is 0. The number of rotatable bonds is 5. The first-order chi connectivity index (χ1) is 7.88. The summed E-state index contributed by atoms with van der Waals surface area (Å²) in [5.41, 5.74) is 0.433. The molecule has 2 nitrogen and oxygen atoms in total. The van der Waals surface area contributed by atoms with Crippen LogP contribution in [0.2, 0.25) is 5.02 Å². The van der Waals surface area contributed by atoms with Crippen molar-refractivity contribution in [3.63, 3.8) is 0 Å². The molecule has 0 spiro atoms. The van der Waals surface area contributed by atoms with E-state index in [4.69, 9.17) is 11.6 Å². The molecule has 7 heteroatoms. The van der Waals surface area contributed by atoms with Crippen molar-refractivity contribution in [2.75, 3.05) is 25.1 Å². The highest BCUT2D eigenvalue weighted by Gasteiger charge is 2.27. The summed E-state index contributed by atoms with van der Waals surface area (Å²) in [7, 11) is 0. The fourth-order valence-corrected chi connectivity index (χ4v) is 1.18. The number of ether oxygens (including phenoxy) is 1. The van der Waals surface area contributed by atoms with Crippen molar-refractivity contribution in [1.82, 2.24) is 0 Å². The lowest BCUT2D eigenvalue weighted by Gasteiger charge is -2.09. The van der Waals surface area contributed by atoms with Gasteiger partial charge >= 0.3 is 6.18 Å². The van der Waals surface area contributed by atoms with Gasteiger partial charge in [-0.2, -0.15) is 13.2 Å². The van der Waals surface area contributed by atoms with Crippen LogP contribution < -0.4 is 5.32 Å². The molecule has 1 aromatic rings. The maximum Gasteiger partial charge on any atom is 0.411 e. The van der Waals surface area contributed by atoms with Gasteiger partial charge in [0.15, 0.2) is 0 Å². The van der Waals surface area contributed by atoms with E-state index in [0.29, 0.717) is 5.69 Å². The summed E-state index contributed by atoms with van der Waals surface area (Å²) >= 11 is 5.46. The van der Waals surface area contributed by atoms with Crippen LogP contribution in [0.1, 0.15) is 0 Å². The van der Waals surface area contributed by atoms with Gasteiger partial charge in [0.1, 0.15) is 12.4 Å². The Kier molecular flexibility index (Phi) is 5.02. The average Bonchev–Trinajstić information content (AvgIpc) is 2.21. The topological polar surface area (TPSA) is 21.3 Å².